The van der Waals surface area contributed by atoms with Crippen LogP contribution in [0.3, 0.4) is 0 Å². The van der Waals surface area contributed by atoms with Gasteiger partial charge < -0.3 is 5.32 Å². The molecule has 0 aliphatic rings. The van der Waals surface area contributed by atoms with E-state index in [1.54, 1.807) is 18.2 Å². The van der Waals surface area contributed by atoms with Crippen LogP contribution in [0.4, 0.5) is 10.1 Å². The van der Waals surface area contributed by atoms with E-state index in [-0.39, 0.29) is 17.1 Å². The van der Waals surface area contributed by atoms with Gasteiger partial charge in [-0.05, 0) is 36.8 Å². The fraction of sp³-hybridized carbons (Fsp3) is 0.136. The first kappa shape index (κ1) is 20.5. The highest BCUT2D eigenvalue weighted by molar-refractivity contribution is 7.92. The average molecular weight is 412 g/mol. The molecule has 0 aliphatic carbocycles. The molecule has 1 N–H and O–H groups in total. The Hall–Kier alpha value is -3.19. The Labute approximate surface area is 169 Å². The van der Waals surface area contributed by atoms with Gasteiger partial charge in [0.25, 0.3) is 10.0 Å². The zero-order valence-electron chi connectivity index (χ0n) is 15.9. The van der Waals surface area contributed by atoms with Gasteiger partial charge in [0, 0.05) is 6.54 Å². The number of anilines is 1. The predicted molar refractivity (Wildman–Crippen MR) is 110 cm³/mol. The van der Waals surface area contributed by atoms with Crippen LogP contribution in [0.1, 0.15) is 11.1 Å². The Morgan fingerprint density at radius 3 is 2.34 bits per heavy atom. The van der Waals surface area contributed by atoms with Crippen molar-refractivity contribution in [1.82, 2.24) is 5.32 Å². The number of sulfonamides is 1. The number of nitrogens with zero attached hydrogens (tertiary/aromatic N) is 1. The van der Waals surface area contributed by atoms with Gasteiger partial charge in [-0.3, -0.25) is 9.10 Å². The lowest BCUT2D eigenvalue weighted by Gasteiger charge is -2.24. The van der Waals surface area contributed by atoms with E-state index in [0.717, 1.165) is 21.5 Å². The Morgan fingerprint density at radius 1 is 0.966 bits per heavy atom. The number of hydrogen-bond acceptors (Lipinski definition) is 3. The molecule has 0 bridgehead atoms. The van der Waals surface area contributed by atoms with E-state index < -0.39 is 28.3 Å². The number of halogens is 1. The number of aryl methyl sites for hydroxylation is 1. The molecule has 0 aromatic heterocycles. The lowest BCUT2D eigenvalue weighted by atomic mass is 10.1. The van der Waals surface area contributed by atoms with E-state index >= 15 is 0 Å². The number of rotatable bonds is 7. The van der Waals surface area contributed by atoms with E-state index in [4.69, 9.17) is 0 Å². The van der Waals surface area contributed by atoms with E-state index in [9.17, 15) is 17.6 Å². The number of amides is 1. The zero-order valence-corrected chi connectivity index (χ0v) is 16.7. The van der Waals surface area contributed by atoms with E-state index in [2.05, 4.69) is 5.32 Å². The first-order valence-corrected chi connectivity index (χ1v) is 10.5. The SMILES string of the molecule is Cc1cccc(CNC(=O)CN(c2ccccc2F)S(=O)(=O)c2ccccc2)c1. The van der Waals surface area contributed by atoms with Crippen LogP contribution in [-0.4, -0.2) is 20.9 Å². The third kappa shape index (κ3) is 5.00. The van der Waals surface area contributed by atoms with Crippen molar-refractivity contribution >= 4 is 21.6 Å². The second-order valence-electron chi connectivity index (χ2n) is 6.54. The smallest absolute Gasteiger partial charge is 0.264 e. The molecule has 7 heteroatoms. The molecule has 0 atom stereocenters. The second kappa shape index (κ2) is 8.87. The highest BCUT2D eigenvalue weighted by atomic mass is 32.2. The molecule has 0 unspecified atom stereocenters. The third-order valence-electron chi connectivity index (χ3n) is 4.31. The fourth-order valence-corrected chi connectivity index (χ4v) is 4.33. The van der Waals surface area contributed by atoms with Crippen molar-refractivity contribution in [2.24, 2.45) is 0 Å². The summed E-state index contributed by atoms with van der Waals surface area (Å²) < 4.78 is 41.4. The summed E-state index contributed by atoms with van der Waals surface area (Å²) in [7, 11) is -4.13. The van der Waals surface area contributed by atoms with Gasteiger partial charge >= 0.3 is 0 Å². The molecule has 0 radical (unpaired) electrons. The molecule has 0 saturated heterocycles. The first-order valence-electron chi connectivity index (χ1n) is 9.02. The summed E-state index contributed by atoms with van der Waals surface area (Å²) in [6.45, 7) is 1.65. The summed E-state index contributed by atoms with van der Waals surface area (Å²) in [5.74, 6) is -1.26. The van der Waals surface area contributed by atoms with Crippen molar-refractivity contribution in [2.45, 2.75) is 18.4 Å². The molecule has 0 saturated carbocycles. The van der Waals surface area contributed by atoms with Gasteiger partial charge in [0.1, 0.15) is 12.4 Å². The van der Waals surface area contributed by atoms with Crippen molar-refractivity contribution in [3.8, 4) is 0 Å². The van der Waals surface area contributed by atoms with Gasteiger partial charge in [-0.25, -0.2) is 12.8 Å². The van der Waals surface area contributed by atoms with Crippen molar-refractivity contribution < 1.29 is 17.6 Å². The molecule has 29 heavy (non-hydrogen) atoms. The minimum Gasteiger partial charge on any atom is -0.350 e. The van der Waals surface area contributed by atoms with Gasteiger partial charge in [-0.15, -0.1) is 0 Å². The van der Waals surface area contributed by atoms with E-state index in [1.165, 1.54) is 30.3 Å². The Morgan fingerprint density at radius 2 is 1.66 bits per heavy atom. The molecular weight excluding hydrogens is 391 g/mol. The van der Waals surface area contributed by atoms with Gasteiger partial charge in [0.05, 0.1) is 10.6 Å². The first-order chi connectivity index (χ1) is 13.9. The predicted octanol–water partition coefficient (Wildman–Crippen LogP) is 3.65. The summed E-state index contributed by atoms with van der Waals surface area (Å²) in [6.07, 6.45) is 0. The van der Waals surface area contributed by atoms with Crippen LogP contribution in [0.2, 0.25) is 0 Å². The van der Waals surface area contributed by atoms with E-state index in [1.807, 2.05) is 31.2 Å². The Kier molecular flexibility index (Phi) is 6.29. The lowest BCUT2D eigenvalue weighted by molar-refractivity contribution is -0.119. The minimum absolute atomic E-state index is 0.0188. The maximum atomic E-state index is 14.4. The Balaban J connectivity index is 1.86. The number of para-hydroxylation sites is 1. The Bertz CT molecular complexity index is 1100. The van der Waals surface area contributed by atoms with Crippen molar-refractivity contribution in [2.75, 3.05) is 10.8 Å². The van der Waals surface area contributed by atoms with Gasteiger partial charge in [0.15, 0.2) is 0 Å². The fourth-order valence-electron chi connectivity index (χ4n) is 2.88. The number of carbonyl (C=O) groups is 1. The number of carbonyl (C=O) groups excluding carboxylic acids is 1. The maximum Gasteiger partial charge on any atom is 0.264 e. The molecule has 3 aromatic carbocycles. The average Bonchev–Trinajstić information content (AvgIpc) is 2.72. The molecule has 1 amide bonds. The summed E-state index contributed by atoms with van der Waals surface area (Å²) in [4.78, 5) is 12.5. The van der Waals surface area contributed by atoms with Crippen LogP contribution in [0.25, 0.3) is 0 Å². The van der Waals surface area contributed by atoms with Gasteiger partial charge in [-0.1, -0.05) is 60.2 Å². The summed E-state index contributed by atoms with van der Waals surface area (Å²) >= 11 is 0. The molecule has 0 aliphatic heterocycles. The molecule has 5 nitrogen and oxygen atoms in total. The van der Waals surface area contributed by atoms with Crippen molar-refractivity contribution in [1.29, 1.82) is 0 Å². The van der Waals surface area contributed by atoms with Crippen LogP contribution in [0, 0.1) is 12.7 Å². The number of hydrogen-bond donors (Lipinski definition) is 1. The standard InChI is InChI=1S/C22H21FN2O3S/c1-17-8-7-9-18(14-17)15-24-22(26)16-25(21-13-6-5-12-20(21)23)29(27,28)19-10-3-2-4-11-19/h2-14H,15-16H2,1H3,(H,24,26). The summed E-state index contributed by atoms with van der Waals surface area (Å²) in [5, 5.41) is 2.70. The van der Waals surface area contributed by atoms with Crippen molar-refractivity contribution in [3.63, 3.8) is 0 Å². The molecule has 150 valence electrons. The van der Waals surface area contributed by atoms with Crippen LogP contribution in [-0.2, 0) is 21.4 Å². The van der Waals surface area contributed by atoms with Gasteiger partial charge in [-0.2, -0.15) is 0 Å². The quantitative estimate of drug-likeness (QED) is 0.644. The molecule has 0 heterocycles. The highest BCUT2D eigenvalue weighted by Crippen LogP contribution is 2.25. The molecule has 0 spiro atoms. The normalized spacial score (nSPS) is 11.1. The second-order valence-corrected chi connectivity index (χ2v) is 8.40. The van der Waals surface area contributed by atoms with E-state index in [0.29, 0.717) is 0 Å². The number of nitrogens with one attached hydrogen (secondary N) is 1. The number of benzene rings is 3. The highest BCUT2D eigenvalue weighted by Gasteiger charge is 2.28. The topological polar surface area (TPSA) is 66.5 Å². The van der Waals surface area contributed by atoms with Crippen LogP contribution < -0.4 is 9.62 Å². The zero-order chi connectivity index (χ0) is 20.9. The molecule has 3 rings (SSSR count). The third-order valence-corrected chi connectivity index (χ3v) is 6.09. The molecule has 3 aromatic rings. The minimum atomic E-state index is -4.13. The van der Waals surface area contributed by atoms with Crippen LogP contribution >= 0.6 is 0 Å². The van der Waals surface area contributed by atoms with Crippen LogP contribution in [0.5, 0.6) is 0 Å². The summed E-state index contributed by atoms with van der Waals surface area (Å²) in [5.41, 5.74) is 1.76. The van der Waals surface area contributed by atoms with Crippen LogP contribution in [0.15, 0.2) is 83.8 Å². The largest absolute Gasteiger partial charge is 0.350 e. The van der Waals surface area contributed by atoms with Crippen molar-refractivity contribution in [3.05, 3.63) is 95.8 Å². The van der Waals surface area contributed by atoms with Gasteiger partial charge in [0.2, 0.25) is 5.91 Å². The summed E-state index contributed by atoms with van der Waals surface area (Å²) in [6, 6.07) is 20.7. The maximum absolute atomic E-state index is 14.4. The molecular formula is C22H21FN2O3S. The molecule has 0 fully saturated rings. The lowest BCUT2D eigenvalue weighted by Crippen LogP contribution is -2.41. The monoisotopic (exact) mass is 412 g/mol.